The maximum Gasteiger partial charge on any atom is 0.295 e. The number of likely N-dealkylation sites (tertiary alicyclic amines) is 1. The molecule has 0 saturated carbocycles. The second-order valence-electron chi connectivity index (χ2n) is 5.90. The van der Waals surface area contributed by atoms with E-state index in [0.29, 0.717) is 12.2 Å². The van der Waals surface area contributed by atoms with Crippen molar-refractivity contribution in [2.24, 2.45) is 0 Å². The van der Waals surface area contributed by atoms with E-state index in [9.17, 15) is 14.7 Å². The number of hydrogen-bond acceptors (Lipinski definition) is 4. The molecule has 1 unspecified atom stereocenters. The van der Waals surface area contributed by atoms with E-state index in [4.69, 9.17) is 4.74 Å². The molecule has 2 aromatic rings. The molecule has 1 aliphatic heterocycles. The highest BCUT2D eigenvalue weighted by Gasteiger charge is 2.45. The maximum atomic E-state index is 12.7. The molecular weight excluding hydrogens is 445 g/mol. The molecule has 0 radical (unpaired) electrons. The highest BCUT2D eigenvalue weighted by molar-refractivity contribution is 14.1. The van der Waals surface area contributed by atoms with Gasteiger partial charge in [-0.25, -0.2) is 0 Å². The van der Waals surface area contributed by atoms with Crippen LogP contribution in [0.4, 0.5) is 0 Å². The zero-order chi connectivity index (χ0) is 18.7. The molecule has 1 saturated heterocycles. The standard InChI is InChI=1S/C20H18INO4/c1-26-12-11-22-17(13-7-9-15(21)10-8-13)16(19(24)20(22)25)18(23)14-5-3-2-4-6-14/h2-10,17,23H,11-12H2,1H3/b18-16+. The predicted octanol–water partition coefficient (Wildman–Crippen LogP) is 3.36. The van der Waals surface area contributed by atoms with E-state index in [2.05, 4.69) is 22.6 Å². The Morgan fingerprint density at radius 3 is 2.38 bits per heavy atom. The van der Waals surface area contributed by atoms with Crippen molar-refractivity contribution < 1.29 is 19.4 Å². The summed E-state index contributed by atoms with van der Waals surface area (Å²) in [7, 11) is 1.54. The molecule has 1 fully saturated rings. The Labute approximate surface area is 165 Å². The van der Waals surface area contributed by atoms with Gasteiger partial charge in [-0.15, -0.1) is 0 Å². The van der Waals surface area contributed by atoms with Crippen molar-refractivity contribution in [3.63, 3.8) is 0 Å². The molecule has 1 N–H and O–H groups in total. The van der Waals surface area contributed by atoms with E-state index in [0.717, 1.165) is 9.13 Å². The monoisotopic (exact) mass is 463 g/mol. The second-order valence-corrected chi connectivity index (χ2v) is 7.15. The number of carbonyl (C=O) groups is 2. The average molecular weight is 463 g/mol. The van der Waals surface area contributed by atoms with Crippen LogP contribution in [0.25, 0.3) is 5.76 Å². The number of halogens is 1. The number of methoxy groups -OCH3 is 1. The van der Waals surface area contributed by atoms with E-state index in [-0.39, 0.29) is 17.9 Å². The van der Waals surface area contributed by atoms with Crippen LogP contribution in [0.15, 0.2) is 60.2 Å². The van der Waals surface area contributed by atoms with Gasteiger partial charge in [0, 0.05) is 22.8 Å². The Morgan fingerprint density at radius 2 is 1.77 bits per heavy atom. The van der Waals surface area contributed by atoms with Crippen LogP contribution in [0.3, 0.4) is 0 Å². The van der Waals surface area contributed by atoms with Gasteiger partial charge in [-0.3, -0.25) is 9.59 Å². The summed E-state index contributed by atoms with van der Waals surface area (Å²) in [4.78, 5) is 26.7. The van der Waals surface area contributed by atoms with E-state index in [1.54, 1.807) is 31.4 Å². The number of hydrogen-bond donors (Lipinski definition) is 1. The molecule has 0 aliphatic carbocycles. The third-order valence-corrected chi connectivity index (χ3v) is 5.03. The van der Waals surface area contributed by atoms with Gasteiger partial charge in [0.15, 0.2) is 0 Å². The van der Waals surface area contributed by atoms with Gasteiger partial charge in [0.1, 0.15) is 5.76 Å². The summed E-state index contributed by atoms with van der Waals surface area (Å²) < 4.78 is 6.13. The van der Waals surface area contributed by atoms with E-state index in [1.165, 1.54) is 4.90 Å². The van der Waals surface area contributed by atoms with Gasteiger partial charge in [0.25, 0.3) is 11.7 Å². The fourth-order valence-electron chi connectivity index (χ4n) is 3.04. The third kappa shape index (κ3) is 3.52. The minimum atomic E-state index is -0.675. The molecule has 0 bridgehead atoms. The molecule has 1 amide bonds. The first-order chi connectivity index (χ1) is 12.5. The topological polar surface area (TPSA) is 66.8 Å². The van der Waals surface area contributed by atoms with Crippen LogP contribution in [0.1, 0.15) is 17.2 Å². The van der Waals surface area contributed by atoms with Crippen molar-refractivity contribution >= 4 is 40.0 Å². The van der Waals surface area contributed by atoms with Gasteiger partial charge in [0.05, 0.1) is 18.2 Å². The highest BCUT2D eigenvalue weighted by Crippen LogP contribution is 2.39. The lowest BCUT2D eigenvalue weighted by Gasteiger charge is -2.25. The highest BCUT2D eigenvalue weighted by atomic mass is 127. The van der Waals surface area contributed by atoms with Gasteiger partial charge in [-0.05, 0) is 40.3 Å². The normalized spacial score (nSPS) is 19.2. The zero-order valence-corrected chi connectivity index (χ0v) is 16.3. The van der Waals surface area contributed by atoms with Crippen LogP contribution in [0, 0.1) is 3.57 Å². The quantitative estimate of drug-likeness (QED) is 0.320. The fourth-order valence-corrected chi connectivity index (χ4v) is 3.40. The number of ketones is 1. The summed E-state index contributed by atoms with van der Waals surface area (Å²) in [6.07, 6.45) is 0. The number of carbonyl (C=O) groups excluding carboxylic acids is 2. The molecular formula is C20H18INO4. The lowest BCUT2D eigenvalue weighted by molar-refractivity contribution is -0.140. The maximum absolute atomic E-state index is 12.7. The number of rotatable bonds is 5. The third-order valence-electron chi connectivity index (χ3n) is 4.31. The molecule has 1 aliphatic rings. The van der Waals surface area contributed by atoms with Gasteiger partial charge in [-0.2, -0.15) is 0 Å². The Hall–Kier alpha value is -2.19. The fraction of sp³-hybridized carbons (Fsp3) is 0.200. The molecule has 6 heteroatoms. The van der Waals surface area contributed by atoms with Gasteiger partial charge in [-0.1, -0.05) is 42.5 Å². The van der Waals surface area contributed by atoms with Crippen LogP contribution in [0.2, 0.25) is 0 Å². The van der Waals surface area contributed by atoms with Crippen molar-refractivity contribution in [3.8, 4) is 0 Å². The summed E-state index contributed by atoms with van der Waals surface area (Å²) in [6.45, 7) is 0.572. The number of amides is 1. The van der Waals surface area contributed by atoms with Gasteiger partial charge >= 0.3 is 0 Å². The first-order valence-electron chi connectivity index (χ1n) is 8.13. The van der Waals surface area contributed by atoms with Crippen LogP contribution in [-0.2, 0) is 14.3 Å². The van der Waals surface area contributed by atoms with Crippen molar-refractivity contribution in [1.29, 1.82) is 0 Å². The molecule has 0 aromatic heterocycles. The number of ether oxygens (including phenoxy) is 1. The van der Waals surface area contributed by atoms with Crippen molar-refractivity contribution in [1.82, 2.24) is 4.90 Å². The summed E-state index contributed by atoms with van der Waals surface area (Å²) >= 11 is 2.19. The minimum absolute atomic E-state index is 0.110. The Kier molecular flexibility index (Phi) is 5.73. The summed E-state index contributed by atoms with van der Waals surface area (Å²) in [5.41, 5.74) is 1.39. The van der Waals surface area contributed by atoms with Crippen LogP contribution >= 0.6 is 22.6 Å². The number of nitrogens with zero attached hydrogens (tertiary/aromatic N) is 1. The van der Waals surface area contributed by atoms with Crippen LogP contribution in [0.5, 0.6) is 0 Å². The number of aliphatic hydroxyl groups is 1. The number of aliphatic hydroxyl groups excluding tert-OH is 1. The second kappa shape index (κ2) is 8.01. The SMILES string of the molecule is COCCN1C(=O)C(=O)/C(=C(/O)c2ccccc2)C1c1ccc(I)cc1. The molecule has 1 atom stereocenters. The lowest BCUT2D eigenvalue weighted by atomic mass is 9.95. The molecule has 134 valence electrons. The molecule has 5 nitrogen and oxygen atoms in total. The van der Waals surface area contributed by atoms with Gasteiger partial charge in [0.2, 0.25) is 0 Å². The Morgan fingerprint density at radius 1 is 1.12 bits per heavy atom. The average Bonchev–Trinajstić information content (AvgIpc) is 2.91. The Bertz CT molecular complexity index is 846. The molecule has 1 heterocycles. The zero-order valence-electron chi connectivity index (χ0n) is 14.2. The van der Waals surface area contributed by atoms with E-state index < -0.39 is 17.7 Å². The largest absolute Gasteiger partial charge is 0.507 e. The number of Topliss-reactive ketones (excluding diaryl/α,β-unsaturated/α-hetero) is 1. The van der Waals surface area contributed by atoms with Crippen LogP contribution < -0.4 is 0 Å². The first-order valence-corrected chi connectivity index (χ1v) is 9.20. The first kappa shape index (κ1) is 18.6. The summed E-state index contributed by atoms with van der Waals surface area (Å²) in [5.74, 6) is -1.46. The molecule has 26 heavy (non-hydrogen) atoms. The van der Waals surface area contributed by atoms with Crippen LogP contribution in [-0.4, -0.2) is 42.0 Å². The number of benzene rings is 2. The Balaban J connectivity index is 2.15. The lowest BCUT2D eigenvalue weighted by Crippen LogP contribution is -2.32. The molecule has 3 rings (SSSR count). The summed E-state index contributed by atoms with van der Waals surface area (Å²) in [5, 5.41) is 10.8. The summed E-state index contributed by atoms with van der Waals surface area (Å²) in [6, 6.07) is 15.7. The van der Waals surface area contributed by atoms with Crippen molar-refractivity contribution in [2.75, 3.05) is 20.3 Å². The smallest absolute Gasteiger partial charge is 0.295 e. The van der Waals surface area contributed by atoms with E-state index >= 15 is 0 Å². The van der Waals surface area contributed by atoms with E-state index in [1.807, 2.05) is 30.3 Å². The molecule has 0 spiro atoms. The van der Waals surface area contributed by atoms with Crippen molar-refractivity contribution in [3.05, 3.63) is 74.9 Å². The minimum Gasteiger partial charge on any atom is -0.507 e. The molecule has 2 aromatic carbocycles. The van der Waals surface area contributed by atoms with Gasteiger partial charge < -0.3 is 14.7 Å². The predicted molar refractivity (Wildman–Crippen MR) is 106 cm³/mol. The van der Waals surface area contributed by atoms with Crippen molar-refractivity contribution in [2.45, 2.75) is 6.04 Å².